The van der Waals surface area contributed by atoms with E-state index in [1.807, 2.05) is 30.3 Å². The standard InChI is InChI=1S/C23H20FN3O5/c1-29-22(28)19-11-18(27-12-17(25-26-27)15-8-5-9-16(24)10-15)21-20(31-19)13-30-23(32-21)14-6-3-2-4-7-14/h2-12,18,20-21,23H,13H2,1H3/t18-,20-,21-,23?/m1/s1. The van der Waals surface area contributed by atoms with Crippen LogP contribution in [0.1, 0.15) is 17.9 Å². The second-order valence-electron chi connectivity index (χ2n) is 7.44. The highest BCUT2D eigenvalue weighted by molar-refractivity contribution is 5.86. The van der Waals surface area contributed by atoms with Crippen LogP contribution in [0.4, 0.5) is 4.39 Å². The molecule has 9 heteroatoms. The van der Waals surface area contributed by atoms with Gasteiger partial charge < -0.3 is 18.9 Å². The summed E-state index contributed by atoms with van der Waals surface area (Å²) in [6.45, 7) is 0.209. The number of hydrogen-bond acceptors (Lipinski definition) is 7. The van der Waals surface area contributed by atoms with Crippen LogP contribution in [0, 0.1) is 5.82 Å². The summed E-state index contributed by atoms with van der Waals surface area (Å²) in [6, 6.07) is 15.1. The molecule has 4 atom stereocenters. The number of fused-ring (bicyclic) bond motifs is 1. The number of ether oxygens (including phenoxy) is 4. The van der Waals surface area contributed by atoms with E-state index in [0.29, 0.717) is 11.3 Å². The number of carbonyl (C=O) groups is 1. The number of esters is 1. The SMILES string of the molecule is COC(=O)C1=C[C@@H](n2cc(-c3cccc(F)c3)nn2)[C@H]2OC(c3ccccc3)OC[C@H]2O1. The van der Waals surface area contributed by atoms with E-state index >= 15 is 0 Å². The maximum Gasteiger partial charge on any atom is 0.373 e. The summed E-state index contributed by atoms with van der Waals surface area (Å²) in [5.41, 5.74) is 1.95. The van der Waals surface area contributed by atoms with E-state index in [1.54, 1.807) is 29.1 Å². The topological polar surface area (TPSA) is 84.7 Å². The lowest BCUT2D eigenvalue weighted by Crippen LogP contribution is -2.49. The Labute approximate surface area is 183 Å². The van der Waals surface area contributed by atoms with Crippen molar-refractivity contribution in [2.45, 2.75) is 24.5 Å². The summed E-state index contributed by atoms with van der Waals surface area (Å²) in [4.78, 5) is 12.2. The molecule has 164 valence electrons. The minimum Gasteiger partial charge on any atom is -0.478 e. The van der Waals surface area contributed by atoms with Crippen LogP contribution in [0.25, 0.3) is 11.3 Å². The number of aromatic nitrogens is 3. The average molecular weight is 437 g/mol. The number of benzene rings is 2. The predicted molar refractivity (Wildman–Crippen MR) is 109 cm³/mol. The number of halogens is 1. The number of hydrogen-bond donors (Lipinski definition) is 0. The maximum atomic E-state index is 13.7. The second-order valence-corrected chi connectivity index (χ2v) is 7.44. The molecule has 0 amide bonds. The van der Waals surface area contributed by atoms with Crippen LogP contribution in [0.15, 0.2) is 72.6 Å². The van der Waals surface area contributed by atoms with E-state index in [2.05, 4.69) is 10.3 Å². The van der Waals surface area contributed by atoms with E-state index < -0.39 is 30.5 Å². The first-order valence-electron chi connectivity index (χ1n) is 10.1. The molecule has 1 saturated heterocycles. The first kappa shape index (κ1) is 20.3. The quantitative estimate of drug-likeness (QED) is 0.580. The van der Waals surface area contributed by atoms with Crippen molar-refractivity contribution in [2.24, 2.45) is 0 Å². The molecule has 0 aliphatic carbocycles. The Balaban J connectivity index is 1.49. The van der Waals surface area contributed by atoms with Crippen molar-refractivity contribution in [1.29, 1.82) is 0 Å². The van der Waals surface area contributed by atoms with Gasteiger partial charge in [-0.1, -0.05) is 47.7 Å². The number of nitrogens with zero attached hydrogens (tertiary/aromatic N) is 3. The third kappa shape index (κ3) is 3.88. The Morgan fingerprint density at radius 3 is 2.81 bits per heavy atom. The third-order valence-electron chi connectivity index (χ3n) is 5.39. The molecule has 5 rings (SSSR count). The molecule has 0 spiro atoms. The van der Waals surface area contributed by atoms with Crippen LogP contribution < -0.4 is 0 Å². The van der Waals surface area contributed by atoms with Crippen molar-refractivity contribution >= 4 is 5.97 Å². The van der Waals surface area contributed by atoms with Gasteiger partial charge in [0.1, 0.15) is 23.7 Å². The van der Waals surface area contributed by atoms with Gasteiger partial charge in [-0.15, -0.1) is 5.10 Å². The van der Waals surface area contributed by atoms with Gasteiger partial charge in [-0.25, -0.2) is 13.9 Å². The van der Waals surface area contributed by atoms with Gasteiger partial charge in [-0.05, 0) is 18.2 Å². The molecular formula is C23H20FN3O5. The van der Waals surface area contributed by atoms with Crippen LogP contribution >= 0.6 is 0 Å². The van der Waals surface area contributed by atoms with Crippen LogP contribution in [0.5, 0.6) is 0 Å². The molecule has 8 nitrogen and oxygen atoms in total. The Morgan fingerprint density at radius 2 is 2.03 bits per heavy atom. The van der Waals surface area contributed by atoms with Crippen molar-refractivity contribution in [2.75, 3.05) is 13.7 Å². The Kier molecular flexibility index (Phi) is 5.42. The van der Waals surface area contributed by atoms with Gasteiger partial charge >= 0.3 is 5.97 Å². The number of methoxy groups -OCH3 is 1. The van der Waals surface area contributed by atoms with Crippen LogP contribution in [-0.2, 0) is 23.7 Å². The second kappa shape index (κ2) is 8.52. The Hall–Kier alpha value is -3.56. The fourth-order valence-electron chi connectivity index (χ4n) is 3.83. The summed E-state index contributed by atoms with van der Waals surface area (Å²) >= 11 is 0. The lowest BCUT2D eigenvalue weighted by molar-refractivity contribution is -0.271. The molecule has 1 unspecified atom stereocenters. The lowest BCUT2D eigenvalue weighted by atomic mass is 10.00. The van der Waals surface area contributed by atoms with Gasteiger partial charge in [0, 0.05) is 11.1 Å². The van der Waals surface area contributed by atoms with Gasteiger partial charge in [-0.2, -0.15) is 0 Å². The van der Waals surface area contributed by atoms with Gasteiger partial charge in [0.05, 0.1) is 19.9 Å². The average Bonchev–Trinajstić information content (AvgIpc) is 3.33. The molecule has 3 heterocycles. The molecule has 1 fully saturated rings. The van der Waals surface area contributed by atoms with Crippen molar-refractivity contribution < 1.29 is 28.1 Å². The van der Waals surface area contributed by atoms with Crippen LogP contribution in [-0.4, -0.2) is 46.9 Å². The van der Waals surface area contributed by atoms with Gasteiger partial charge in [0.15, 0.2) is 12.4 Å². The highest BCUT2D eigenvalue weighted by atomic mass is 19.1. The zero-order chi connectivity index (χ0) is 22.1. The largest absolute Gasteiger partial charge is 0.478 e. The molecule has 0 bridgehead atoms. The number of carbonyl (C=O) groups excluding carboxylic acids is 1. The zero-order valence-corrected chi connectivity index (χ0v) is 17.1. The summed E-state index contributed by atoms with van der Waals surface area (Å²) in [5.74, 6) is -0.925. The molecule has 0 radical (unpaired) electrons. The predicted octanol–water partition coefficient (Wildman–Crippen LogP) is 3.20. The molecule has 3 aromatic rings. The van der Waals surface area contributed by atoms with Crippen LogP contribution in [0.2, 0.25) is 0 Å². The van der Waals surface area contributed by atoms with E-state index in [9.17, 15) is 9.18 Å². The van der Waals surface area contributed by atoms with Gasteiger partial charge in [0.2, 0.25) is 5.76 Å². The van der Waals surface area contributed by atoms with Crippen molar-refractivity contribution in [1.82, 2.24) is 15.0 Å². The lowest BCUT2D eigenvalue weighted by Gasteiger charge is -2.42. The van der Waals surface area contributed by atoms with Crippen LogP contribution in [0.3, 0.4) is 0 Å². The zero-order valence-electron chi connectivity index (χ0n) is 17.1. The molecule has 2 aromatic carbocycles. The summed E-state index contributed by atoms with van der Waals surface area (Å²) < 4.78 is 38.0. The van der Waals surface area contributed by atoms with E-state index in [4.69, 9.17) is 18.9 Å². The summed E-state index contributed by atoms with van der Waals surface area (Å²) in [6.07, 6.45) is 1.63. The summed E-state index contributed by atoms with van der Waals surface area (Å²) in [5, 5.41) is 8.41. The molecule has 2 aliphatic rings. The molecule has 0 saturated carbocycles. The first-order valence-corrected chi connectivity index (χ1v) is 10.1. The smallest absolute Gasteiger partial charge is 0.373 e. The summed E-state index contributed by atoms with van der Waals surface area (Å²) in [7, 11) is 1.28. The van der Waals surface area contributed by atoms with E-state index in [-0.39, 0.29) is 18.2 Å². The normalized spacial score (nSPS) is 24.8. The fraction of sp³-hybridized carbons (Fsp3) is 0.261. The monoisotopic (exact) mass is 437 g/mol. The fourth-order valence-corrected chi connectivity index (χ4v) is 3.83. The third-order valence-corrected chi connectivity index (χ3v) is 5.39. The molecule has 0 N–H and O–H groups in total. The Morgan fingerprint density at radius 1 is 1.19 bits per heavy atom. The minimum absolute atomic E-state index is 0.0481. The maximum absolute atomic E-state index is 13.7. The van der Waals surface area contributed by atoms with E-state index in [1.165, 1.54) is 19.2 Å². The van der Waals surface area contributed by atoms with Gasteiger partial charge in [-0.3, -0.25) is 0 Å². The minimum atomic E-state index is -0.607. The molecule has 32 heavy (non-hydrogen) atoms. The Bertz CT molecular complexity index is 1150. The molecule has 2 aliphatic heterocycles. The van der Waals surface area contributed by atoms with E-state index in [0.717, 1.165) is 5.56 Å². The van der Waals surface area contributed by atoms with Crippen molar-refractivity contribution in [3.8, 4) is 11.3 Å². The number of rotatable bonds is 4. The first-order chi connectivity index (χ1) is 15.6. The van der Waals surface area contributed by atoms with Gasteiger partial charge in [0.25, 0.3) is 0 Å². The highest BCUT2D eigenvalue weighted by Gasteiger charge is 2.44. The molecular weight excluding hydrogens is 417 g/mol. The molecule has 1 aromatic heterocycles. The van der Waals surface area contributed by atoms with Crippen molar-refractivity contribution in [3.05, 3.63) is 84.0 Å². The van der Waals surface area contributed by atoms with Crippen molar-refractivity contribution in [3.63, 3.8) is 0 Å². The highest BCUT2D eigenvalue weighted by Crippen LogP contribution is 2.38.